The van der Waals surface area contributed by atoms with Gasteiger partial charge < -0.3 is 0 Å². The van der Waals surface area contributed by atoms with Crippen LogP contribution in [0, 0.1) is 11.3 Å². The Labute approximate surface area is 63.4 Å². The fourth-order valence-electron chi connectivity index (χ4n) is 1.10. The SMILES string of the molecule is CC[C@H](C#N)N(CC)CC. The van der Waals surface area contributed by atoms with E-state index >= 15 is 0 Å². The van der Waals surface area contributed by atoms with Gasteiger partial charge in [-0.25, -0.2) is 0 Å². The topological polar surface area (TPSA) is 27.0 Å². The third-order valence-electron chi connectivity index (χ3n) is 1.79. The van der Waals surface area contributed by atoms with Crippen LogP contribution in [0.15, 0.2) is 0 Å². The second kappa shape index (κ2) is 5.25. The van der Waals surface area contributed by atoms with Crippen molar-refractivity contribution in [2.45, 2.75) is 33.2 Å². The first kappa shape index (κ1) is 9.45. The average molecular weight is 140 g/mol. The molecule has 0 aromatic heterocycles. The molecule has 1 atom stereocenters. The largest absolute Gasteiger partial charge is 0.289 e. The zero-order valence-electron chi connectivity index (χ0n) is 7.09. The van der Waals surface area contributed by atoms with Gasteiger partial charge >= 0.3 is 0 Å². The van der Waals surface area contributed by atoms with Crippen molar-refractivity contribution in [3.63, 3.8) is 0 Å². The quantitative estimate of drug-likeness (QED) is 0.593. The summed E-state index contributed by atoms with van der Waals surface area (Å²) in [4.78, 5) is 2.17. The van der Waals surface area contributed by atoms with E-state index in [-0.39, 0.29) is 6.04 Å². The Morgan fingerprint density at radius 2 is 1.80 bits per heavy atom. The normalized spacial score (nSPS) is 13.1. The van der Waals surface area contributed by atoms with E-state index in [1.165, 1.54) is 0 Å². The monoisotopic (exact) mass is 140 g/mol. The van der Waals surface area contributed by atoms with E-state index < -0.39 is 0 Å². The van der Waals surface area contributed by atoms with Gasteiger partial charge in [-0.15, -0.1) is 0 Å². The van der Waals surface area contributed by atoms with Gasteiger partial charge in [-0.1, -0.05) is 20.8 Å². The maximum absolute atomic E-state index is 8.67. The molecule has 10 heavy (non-hydrogen) atoms. The highest BCUT2D eigenvalue weighted by atomic mass is 15.1. The summed E-state index contributed by atoms with van der Waals surface area (Å²) in [5.74, 6) is 0. The molecule has 0 N–H and O–H groups in total. The first-order chi connectivity index (χ1) is 4.79. The van der Waals surface area contributed by atoms with Gasteiger partial charge in [0.1, 0.15) is 0 Å². The molecule has 0 aromatic carbocycles. The molecule has 0 heterocycles. The fourth-order valence-corrected chi connectivity index (χ4v) is 1.10. The molecule has 0 aliphatic heterocycles. The first-order valence-electron chi connectivity index (χ1n) is 3.93. The van der Waals surface area contributed by atoms with Gasteiger partial charge in [0.05, 0.1) is 12.1 Å². The molecule has 0 amide bonds. The fraction of sp³-hybridized carbons (Fsp3) is 0.875. The van der Waals surface area contributed by atoms with Crippen LogP contribution in [0.1, 0.15) is 27.2 Å². The third kappa shape index (κ3) is 2.36. The van der Waals surface area contributed by atoms with Crippen LogP contribution in [0.3, 0.4) is 0 Å². The summed E-state index contributed by atoms with van der Waals surface area (Å²) in [5, 5.41) is 8.67. The highest BCUT2D eigenvalue weighted by Gasteiger charge is 2.10. The van der Waals surface area contributed by atoms with E-state index in [0.29, 0.717) is 0 Å². The van der Waals surface area contributed by atoms with Gasteiger partial charge in [0.2, 0.25) is 0 Å². The maximum Gasteiger partial charge on any atom is 0.0975 e. The lowest BCUT2D eigenvalue weighted by Gasteiger charge is -2.22. The first-order valence-corrected chi connectivity index (χ1v) is 3.93. The number of hydrogen-bond acceptors (Lipinski definition) is 2. The van der Waals surface area contributed by atoms with Crippen LogP contribution < -0.4 is 0 Å². The Bertz CT molecular complexity index is 111. The summed E-state index contributed by atoms with van der Waals surface area (Å²) in [5.41, 5.74) is 0. The maximum atomic E-state index is 8.67. The van der Waals surface area contributed by atoms with Crippen LogP contribution in [0.25, 0.3) is 0 Å². The van der Waals surface area contributed by atoms with Crippen molar-refractivity contribution in [2.24, 2.45) is 0 Å². The Hall–Kier alpha value is -0.550. The van der Waals surface area contributed by atoms with Crippen LogP contribution in [-0.4, -0.2) is 24.0 Å². The molecule has 0 saturated heterocycles. The smallest absolute Gasteiger partial charge is 0.0975 e. The number of rotatable bonds is 4. The lowest BCUT2D eigenvalue weighted by Crippen LogP contribution is -2.33. The van der Waals surface area contributed by atoms with Gasteiger partial charge in [0.15, 0.2) is 0 Å². The van der Waals surface area contributed by atoms with E-state index in [1.54, 1.807) is 0 Å². The van der Waals surface area contributed by atoms with Gasteiger partial charge in [-0.3, -0.25) is 4.90 Å². The molecule has 0 saturated carbocycles. The average Bonchev–Trinajstić information content (AvgIpc) is 2.00. The second-order valence-electron chi connectivity index (χ2n) is 2.27. The minimum absolute atomic E-state index is 0.120. The van der Waals surface area contributed by atoms with Crippen LogP contribution >= 0.6 is 0 Å². The standard InChI is InChI=1S/C8H16N2/c1-4-8(7-9)10(5-2)6-3/h8H,4-6H2,1-3H3/t8-/m1/s1. The molecule has 0 aromatic rings. The van der Waals surface area contributed by atoms with E-state index in [9.17, 15) is 0 Å². The Kier molecular flexibility index (Phi) is 4.96. The van der Waals surface area contributed by atoms with Crippen molar-refractivity contribution in [2.75, 3.05) is 13.1 Å². The molecular weight excluding hydrogens is 124 g/mol. The van der Waals surface area contributed by atoms with Crippen molar-refractivity contribution < 1.29 is 0 Å². The predicted molar refractivity (Wildman–Crippen MR) is 42.6 cm³/mol. The number of nitriles is 1. The summed E-state index contributed by atoms with van der Waals surface area (Å²) in [6, 6.07) is 2.40. The van der Waals surface area contributed by atoms with Crippen LogP contribution in [-0.2, 0) is 0 Å². The minimum Gasteiger partial charge on any atom is -0.289 e. The highest BCUT2D eigenvalue weighted by molar-refractivity contribution is 4.89. The summed E-state index contributed by atoms with van der Waals surface area (Å²) in [7, 11) is 0. The minimum atomic E-state index is 0.120. The van der Waals surface area contributed by atoms with E-state index in [2.05, 4.69) is 24.8 Å². The van der Waals surface area contributed by atoms with E-state index in [1.807, 2.05) is 6.92 Å². The molecular formula is C8H16N2. The lowest BCUT2D eigenvalue weighted by atomic mass is 10.2. The molecule has 0 rings (SSSR count). The summed E-state index contributed by atoms with van der Waals surface area (Å²) in [6.45, 7) is 8.17. The molecule has 0 spiro atoms. The van der Waals surface area contributed by atoms with Crippen molar-refractivity contribution >= 4 is 0 Å². The van der Waals surface area contributed by atoms with Gasteiger partial charge in [-0.2, -0.15) is 5.26 Å². The zero-order chi connectivity index (χ0) is 7.98. The zero-order valence-corrected chi connectivity index (χ0v) is 7.09. The molecule has 0 radical (unpaired) electrons. The van der Waals surface area contributed by atoms with Crippen molar-refractivity contribution in [1.29, 1.82) is 5.26 Å². The number of nitrogens with zero attached hydrogens (tertiary/aromatic N) is 2. The highest BCUT2D eigenvalue weighted by Crippen LogP contribution is 2.00. The van der Waals surface area contributed by atoms with Gasteiger partial charge in [-0.05, 0) is 19.5 Å². The molecule has 0 aliphatic carbocycles. The van der Waals surface area contributed by atoms with Gasteiger partial charge in [0, 0.05) is 0 Å². The second-order valence-corrected chi connectivity index (χ2v) is 2.27. The summed E-state index contributed by atoms with van der Waals surface area (Å²) < 4.78 is 0. The lowest BCUT2D eigenvalue weighted by molar-refractivity contribution is 0.254. The van der Waals surface area contributed by atoms with Crippen LogP contribution in [0.4, 0.5) is 0 Å². The molecule has 0 bridgehead atoms. The van der Waals surface area contributed by atoms with Crippen LogP contribution in [0.2, 0.25) is 0 Å². The van der Waals surface area contributed by atoms with Crippen molar-refractivity contribution in [3.8, 4) is 6.07 Å². The Morgan fingerprint density at radius 1 is 1.30 bits per heavy atom. The number of hydrogen-bond donors (Lipinski definition) is 0. The van der Waals surface area contributed by atoms with Crippen molar-refractivity contribution in [1.82, 2.24) is 4.90 Å². The Balaban J connectivity index is 3.85. The molecule has 58 valence electrons. The van der Waals surface area contributed by atoms with Crippen molar-refractivity contribution in [3.05, 3.63) is 0 Å². The van der Waals surface area contributed by atoms with E-state index in [0.717, 1.165) is 19.5 Å². The summed E-state index contributed by atoms with van der Waals surface area (Å²) >= 11 is 0. The van der Waals surface area contributed by atoms with Gasteiger partial charge in [0.25, 0.3) is 0 Å². The van der Waals surface area contributed by atoms with Crippen LogP contribution in [0.5, 0.6) is 0 Å². The Morgan fingerprint density at radius 3 is 1.90 bits per heavy atom. The molecule has 0 unspecified atom stereocenters. The predicted octanol–water partition coefficient (Wildman–Crippen LogP) is 1.63. The molecule has 0 aliphatic rings. The van der Waals surface area contributed by atoms with E-state index in [4.69, 9.17) is 5.26 Å². The summed E-state index contributed by atoms with van der Waals surface area (Å²) in [6.07, 6.45) is 0.929. The molecule has 0 fully saturated rings. The third-order valence-corrected chi connectivity index (χ3v) is 1.79. The molecule has 2 nitrogen and oxygen atoms in total. The molecule has 2 heteroatoms.